The van der Waals surface area contributed by atoms with Crippen LogP contribution in [-0.4, -0.2) is 8.42 Å². The molecule has 0 bridgehead atoms. The van der Waals surface area contributed by atoms with E-state index in [9.17, 15) is 8.42 Å². The maximum Gasteiger partial charge on any atom is 0.500 e. The highest BCUT2D eigenvalue weighted by Gasteiger charge is 2.11. The van der Waals surface area contributed by atoms with Gasteiger partial charge in [-0.1, -0.05) is 18.2 Å². The average Bonchev–Trinajstić information content (AvgIpc) is 2.08. The van der Waals surface area contributed by atoms with Crippen LogP contribution in [0.25, 0.3) is 0 Å². The summed E-state index contributed by atoms with van der Waals surface area (Å²) in [5.41, 5.74) is 0. The standard InChI is InChI=1S/C8H7ClO4S/c1-2-12-14(10,11)13-8-5-3-7(9)4-6-8/h2-6H,1H2. The summed E-state index contributed by atoms with van der Waals surface area (Å²) < 4.78 is 30.5. The molecule has 0 radical (unpaired) electrons. The fourth-order valence-corrected chi connectivity index (χ4v) is 1.39. The summed E-state index contributed by atoms with van der Waals surface area (Å²) in [7, 11) is -4.06. The molecule has 76 valence electrons. The summed E-state index contributed by atoms with van der Waals surface area (Å²) in [6.07, 6.45) is 0.769. The van der Waals surface area contributed by atoms with E-state index in [1.807, 2.05) is 0 Å². The number of hydrogen-bond acceptors (Lipinski definition) is 4. The second kappa shape index (κ2) is 4.34. The van der Waals surface area contributed by atoms with Gasteiger partial charge in [0.25, 0.3) is 0 Å². The van der Waals surface area contributed by atoms with Crippen LogP contribution in [0.3, 0.4) is 0 Å². The summed E-state index contributed by atoms with van der Waals surface area (Å²) in [6, 6.07) is 5.82. The molecule has 0 N–H and O–H groups in total. The van der Waals surface area contributed by atoms with Crippen molar-refractivity contribution in [3.63, 3.8) is 0 Å². The van der Waals surface area contributed by atoms with E-state index in [-0.39, 0.29) is 5.75 Å². The van der Waals surface area contributed by atoms with Gasteiger partial charge in [0, 0.05) is 5.02 Å². The van der Waals surface area contributed by atoms with Gasteiger partial charge in [0.2, 0.25) is 0 Å². The molecule has 1 aromatic carbocycles. The second-order valence-electron chi connectivity index (χ2n) is 2.21. The third kappa shape index (κ3) is 3.27. The van der Waals surface area contributed by atoms with E-state index < -0.39 is 10.4 Å². The van der Waals surface area contributed by atoms with Gasteiger partial charge in [-0.25, -0.2) is 0 Å². The van der Waals surface area contributed by atoms with Gasteiger partial charge in [-0.2, -0.15) is 0 Å². The Morgan fingerprint density at radius 2 is 1.86 bits per heavy atom. The van der Waals surface area contributed by atoms with Gasteiger partial charge < -0.3 is 8.37 Å². The molecule has 6 heteroatoms. The van der Waals surface area contributed by atoms with Crippen molar-refractivity contribution in [1.29, 1.82) is 0 Å². The van der Waals surface area contributed by atoms with Crippen LogP contribution in [0.2, 0.25) is 5.02 Å². The first kappa shape index (κ1) is 10.9. The minimum Gasteiger partial charge on any atom is -0.361 e. The Labute approximate surface area is 87.0 Å². The molecule has 0 heterocycles. The summed E-state index contributed by atoms with van der Waals surface area (Å²) in [5.74, 6) is 0.122. The quantitative estimate of drug-likeness (QED) is 0.749. The Morgan fingerprint density at radius 1 is 1.29 bits per heavy atom. The molecule has 1 rings (SSSR count). The second-order valence-corrected chi connectivity index (χ2v) is 3.82. The lowest BCUT2D eigenvalue weighted by molar-refractivity contribution is 0.363. The van der Waals surface area contributed by atoms with Crippen LogP contribution in [-0.2, 0) is 14.6 Å². The fraction of sp³-hybridized carbons (Fsp3) is 0. The fourth-order valence-electron chi connectivity index (χ4n) is 0.711. The molecule has 0 aliphatic carbocycles. The van der Waals surface area contributed by atoms with Crippen LogP contribution in [0.1, 0.15) is 0 Å². The first-order valence-electron chi connectivity index (χ1n) is 3.53. The van der Waals surface area contributed by atoms with Crippen molar-refractivity contribution in [2.75, 3.05) is 0 Å². The molecule has 0 fully saturated rings. The normalized spacial score (nSPS) is 10.6. The summed E-state index contributed by atoms with van der Waals surface area (Å²) in [4.78, 5) is 0. The van der Waals surface area contributed by atoms with Crippen molar-refractivity contribution < 1.29 is 16.8 Å². The van der Waals surface area contributed by atoms with Gasteiger partial charge in [0.05, 0.1) is 0 Å². The van der Waals surface area contributed by atoms with E-state index in [0.29, 0.717) is 5.02 Å². The molecule has 0 atom stereocenters. The van der Waals surface area contributed by atoms with Crippen molar-refractivity contribution in [2.45, 2.75) is 0 Å². The third-order valence-electron chi connectivity index (χ3n) is 1.20. The van der Waals surface area contributed by atoms with Crippen molar-refractivity contribution in [3.8, 4) is 5.75 Å². The first-order chi connectivity index (χ1) is 6.53. The monoisotopic (exact) mass is 234 g/mol. The SMILES string of the molecule is C=COS(=O)(=O)Oc1ccc(Cl)cc1. The molecule has 0 unspecified atom stereocenters. The Balaban J connectivity index is 2.79. The first-order valence-corrected chi connectivity index (χ1v) is 5.24. The highest BCUT2D eigenvalue weighted by Crippen LogP contribution is 2.17. The predicted octanol–water partition coefficient (Wildman–Crippen LogP) is 2.12. The molecule has 0 aliphatic rings. The molecule has 0 saturated heterocycles. The maximum absolute atomic E-state index is 10.9. The largest absolute Gasteiger partial charge is 0.500 e. The van der Waals surface area contributed by atoms with Crippen LogP contribution >= 0.6 is 11.6 Å². The predicted molar refractivity (Wildman–Crippen MR) is 52.3 cm³/mol. The number of hydrogen-bond donors (Lipinski definition) is 0. The minimum atomic E-state index is -4.06. The zero-order valence-corrected chi connectivity index (χ0v) is 8.59. The van der Waals surface area contributed by atoms with Gasteiger partial charge in [0.1, 0.15) is 12.0 Å². The molecule has 4 nitrogen and oxygen atoms in total. The Bertz CT molecular complexity index is 409. The van der Waals surface area contributed by atoms with Gasteiger partial charge in [-0.15, -0.1) is 8.42 Å². The lowest BCUT2D eigenvalue weighted by atomic mass is 10.3. The van der Waals surface area contributed by atoms with E-state index in [1.54, 1.807) is 0 Å². The molecule has 1 aromatic rings. The lowest BCUT2D eigenvalue weighted by Crippen LogP contribution is -2.09. The number of benzene rings is 1. The average molecular weight is 235 g/mol. The molecule has 0 spiro atoms. The van der Waals surface area contributed by atoms with Crippen LogP contribution < -0.4 is 4.18 Å². The Morgan fingerprint density at radius 3 is 2.36 bits per heavy atom. The molecular weight excluding hydrogens is 228 g/mol. The highest BCUT2D eigenvalue weighted by atomic mass is 35.5. The van der Waals surface area contributed by atoms with E-state index >= 15 is 0 Å². The Hall–Kier alpha value is -1.20. The minimum absolute atomic E-state index is 0.122. The van der Waals surface area contributed by atoms with Gasteiger partial charge in [-0.05, 0) is 24.3 Å². The number of halogens is 1. The number of rotatable bonds is 4. The van der Waals surface area contributed by atoms with Gasteiger partial charge in [-0.3, -0.25) is 0 Å². The van der Waals surface area contributed by atoms with Crippen LogP contribution in [0.15, 0.2) is 37.1 Å². The summed E-state index contributed by atoms with van der Waals surface area (Å²) >= 11 is 5.59. The topological polar surface area (TPSA) is 52.6 Å². The zero-order valence-electron chi connectivity index (χ0n) is 7.01. The molecular formula is C8H7ClO4S. The highest BCUT2D eigenvalue weighted by molar-refractivity contribution is 7.82. The van der Waals surface area contributed by atoms with E-state index in [0.717, 1.165) is 6.26 Å². The molecule has 0 saturated carbocycles. The van der Waals surface area contributed by atoms with E-state index in [2.05, 4.69) is 14.9 Å². The molecule has 0 aliphatic heterocycles. The van der Waals surface area contributed by atoms with Crippen LogP contribution in [0.4, 0.5) is 0 Å². The third-order valence-corrected chi connectivity index (χ3v) is 2.22. The molecule has 0 aromatic heterocycles. The van der Waals surface area contributed by atoms with Crippen LogP contribution in [0.5, 0.6) is 5.75 Å². The van der Waals surface area contributed by atoms with Crippen molar-refractivity contribution in [3.05, 3.63) is 42.1 Å². The van der Waals surface area contributed by atoms with Crippen molar-refractivity contribution in [2.24, 2.45) is 0 Å². The van der Waals surface area contributed by atoms with E-state index in [1.165, 1.54) is 24.3 Å². The molecule has 0 amide bonds. The van der Waals surface area contributed by atoms with Gasteiger partial charge >= 0.3 is 10.4 Å². The van der Waals surface area contributed by atoms with Crippen molar-refractivity contribution in [1.82, 2.24) is 0 Å². The van der Waals surface area contributed by atoms with Gasteiger partial charge in [0.15, 0.2) is 0 Å². The van der Waals surface area contributed by atoms with Crippen molar-refractivity contribution >= 4 is 22.0 Å². The molecule has 14 heavy (non-hydrogen) atoms. The van der Waals surface area contributed by atoms with Crippen LogP contribution in [0, 0.1) is 0 Å². The Kier molecular flexibility index (Phi) is 3.38. The lowest BCUT2D eigenvalue weighted by Gasteiger charge is -2.03. The summed E-state index contributed by atoms with van der Waals surface area (Å²) in [5, 5.41) is 0.486. The van der Waals surface area contributed by atoms with E-state index in [4.69, 9.17) is 11.6 Å². The maximum atomic E-state index is 10.9. The smallest absolute Gasteiger partial charge is 0.361 e. The summed E-state index contributed by atoms with van der Waals surface area (Å²) in [6.45, 7) is 3.10. The zero-order chi connectivity index (χ0) is 10.6.